The van der Waals surface area contributed by atoms with Crippen LogP contribution in [0.5, 0.6) is 5.75 Å². The van der Waals surface area contributed by atoms with Crippen molar-refractivity contribution in [2.24, 2.45) is 4.99 Å². The lowest BCUT2D eigenvalue weighted by Crippen LogP contribution is -2.08. The Kier molecular flexibility index (Phi) is 4.11. The molecule has 2 aliphatic rings. The zero-order chi connectivity index (χ0) is 19.1. The lowest BCUT2D eigenvalue weighted by Gasteiger charge is -2.19. The highest BCUT2D eigenvalue weighted by molar-refractivity contribution is 7.11. The molecule has 2 aromatic carbocycles. The normalized spacial score (nSPS) is 18.1. The number of carbonyl (C=O) groups is 1. The van der Waals surface area contributed by atoms with E-state index in [2.05, 4.69) is 4.99 Å². The van der Waals surface area contributed by atoms with E-state index in [0.29, 0.717) is 27.7 Å². The molecule has 3 heterocycles. The van der Waals surface area contributed by atoms with Crippen LogP contribution in [0.1, 0.15) is 16.0 Å². The number of cyclic esters (lactones) is 1. The molecule has 0 spiro atoms. The molecule has 28 heavy (non-hydrogen) atoms. The van der Waals surface area contributed by atoms with Crippen LogP contribution >= 0.6 is 22.9 Å². The Bertz CT molecular complexity index is 1190. The lowest BCUT2D eigenvalue weighted by molar-refractivity contribution is -0.129. The molecule has 3 aromatic rings. The number of hydrogen-bond donors (Lipinski definition) is 0. The van der Waals surface area contributed by atoms with E-state index in [0.717, 1.165) is 10.4 Å². The number of para-hydroxylation sites is 1. The first-order chi connectivity index (χ1) is 13.7. The largest absolute Gasteiger partial charge is 0.455 e. The van der Waals surface area contributed by atoms with Gasteiger partial charge < -0.3 is 9.47 Å². The molecule has 0 saturated carbocycles. The maximum atomic E-state index is 12.7. The number of fused-ring (bicyclic) bond motifs is 1. The van der Waals surface area contributed by atoms with Gasteiger partial charge >= 0.3 is 5.97 Å². The predicted molar refractivity (Wildman–Crippen MR) is 110 cm³/mol. The third kappa shape index (κ3) is 2.95. The first kappa shape index (κ1) is 17.0. The average molecular weight is 406 g/mol. The number of nitrogens with zero attached hydrogens (tertiary/aromatic N) is 1. The number of thiophene rings is 1. The summed E-state index contributed by atoms with van der Waals surface area (Å²) in [6.45, 7) is 0. The molecular formula is C22H12ClNO3S. The van der Waals surface area contributed by atoms with Gasteiger partial charge in [0, 0.05) is 21.7 Å². The molecule has 0 saturated heterocycles. The van der Waals surface area contributed by atoms with Crippen molar-refractivity contribution in [1.82, 2.24) is 0 Å². The third-order valence-electron chi connectivity index (χ3n) is 4.36. The molecule has 2 aliphatic heterocycles. The molecule has 0 atom stereocenters. The first-order valence-corrected chi connectivity index (χ1v) is 9.79. The molecule has 0 aliphatic carbocycles. The predicted octanol–water partition coefficient (Wildman–Crippen LogP) is 5.55. The summed E-state index contributed by atoms with van der Waals surface area (Å²) >= 11 is 7.62. The fraction of sp³-hybridized carbons (Fsp3) is 0. The minimum absolute atomic E-state index is 0.241. The summed E-state index contributed by atoms with van der Waals surface area (Å²) < 4.78 is 11.5. The Hall–Kier alpha value is -3.15. The fourth-order valence-corrected chi connectivity index (χ4v) is 3.96. The zero-order valence-electron chi connectivity index (χ0n) is 14.4. The van der Waals surface area contributed by atoms with Gasteiger partial charge in [-0.3, -0.25) is 0 Å². The third-order valence-corrected chi connectivity index (χ3v) is 5.48. The molecule has 6 heteroatoms. The van der Waals surface area contributed by atoms with Gasteiger partial charge in [0.15, 0.2) is 5.70 Å². The molecule has 0 fully saturated rings. The number of halogens is 1. The van der Waals surface area contributed by atoms with E-state index in [-0.39, 0.29) is 11.6 Å². The maximum Gasteiger partial charge on any atom is 0.364 e. The van der Waals surface area contributed by atoms with Crippen LogP contribution in [0.15, 0.2) is 82.8 Å². The lowest BCUT2D eigenvalue weighted by atomic mass is 9.99. The van der Waals surface area contributed by atoms with Crippen molar-refractivity contribution in [3.05, 3.63) is 98.8 Å². The van der Waals surface area contributed by atoms with Gasteiger partial charge in [-0.1, -0.05) is 41.9 Å². The van der Waals surface area contributed by atoms with E-state index in [1.807, 2.05) is 47.9 Å². The molecular weight excluding hydrogens is 394 g/mol. The quantitative estimate of drug-likeness (QED) is 0.415. The summed E-state index contributed by atoms with van der Waals surface area (Å²) in [5.41, 5.74) is 2.37. The number of allylic oxidation sites excluding steroid dienone is 2. The second kappa shape index (κ2) is 6.78. The molecule has 0 radical (unpaired) electrons. The molecule has 0 unspecified atom stereocenters. The average Bonchev–Trinajstić information content (AvgIpc) is 3.37. The van der Waals surface area contributed by atoms with Crippen molar-refractivity contribution in [2.75, 3.05) is 0 Å². The van der Waals surface area contributed by atoms with Crippen LogP contribution < -0.4 is 4.74 Å². The summed E-state index contributed by atoms with van der Waals surface area (Å²) in [5.74, 6) is 1.10. The van der Waals surface area contributed by atoms with E-state index in [9.17, 15) is 4.79 Å². The van der Waals surface area contributed by atoms with Crippen molar-refractivity contribution in [1.29, 1.82) is 0 Å². The smallest absolute Gasteiger partial charge is 0.364 e. The zero-order valence-corrected chi connectivity index (χ0v) is 16.0. The van der Waals surface area contributed by atoms with Crippen LogP contribution in [-0.4, -0.2) is 11.9 Å². The SMILES string of the molecule is O=C1OC(c2cccc(Cl)c2)=NC1=C1C=C(c2cccs2)Oc2ccccc21. The van der Waals surface area contributed by atoms with Gasteiger partial charge in [-0.2, -0.15) is 0 Å². The summed E-state index contributed by atoms with van der Waals surface area (Å²) in [6.07, 6.45) is 1.84. The number of esters is 1. The van der Waals surface area contributed by atoms with E-state index in [1.165, 1.54) is 0 Å². The number of aliphatic imine (C=N–C) groups is 1. The topological polar surface area (TPSA) is 47.9 Å². The van der Waals surface area contributed by atoms with Crippen molar-refractivity contribution in [3.63, 3.8) is 0 Å². The van der Waals surface area contributed by atoms with Crippen molar-refractivity contribution < 1.29 is 14.3 Å². The van der Waals surface area contributed by atoms with E-state index in [4.69, 9.17) is 21.1 Å². The molecule has 136 valence electrons. The van der Waals surface area contributed by atoms with Crippen LogP contribution in [0.3, 0.4) is 0 Å². The molecule has 5 rings (SSSR count). The minimum atomic E-state index is -0.497. The van der Waals surface area contributed by atoms with Crippen LogP contribution in [0.25, 0.3) is 11.3 Å². The van der Waals surface area contributed by atoms with Crippen LogP contribution in [0.2, 0.25) is 5.02 Å². The highest BCUT2D eigenvalue weighted by Gasteiger charge is 2.30. The standard InChI is InChI=1S/C22H12ClNO3S/c23-14-6-3-5-13(11-14)21-24-20(22(25)27-21)16-12-18(19-9-4-10-28-19)26-17-8-2-1-7-15(16)17/h1-12H. The second-order valence-electron chi connectivity index (χ2n) is 6.16. The molecule has 0 amide bonds. The highest BCUT2D eigenvalue weighted by atomic mass is 35.5. The van der Waals surface area contributed by atoms with Gasteiger partial charge in [0.1, 0.15) is 11.5 Å². The number of rotatable bonds is 2. The van der Waals surface area contributed by atoms with E-state index in [1.54, 1.807) is 35.6 Å². The molecule has 1 aromatic heterocycles. The van der Waals surface area contributed by atoms with Gasteiger partial charge in [-0.05, 0) is 41.8 Å². The van der Waals surface area contributed by atoms with Gasteiger partial charge in [0.2, 0.25) is 5.90 Å². The Morgan fingerprint density at radius 1 is 0.964 bits per heavy atom. The number of ether oxygens (including phenoxy) is 2. The fourth-order valence-electron chi connectivity index (χ4n) is 3.09. The van der Waals surface area contributed by atoms with Crippen LogP contribution in [-0.2, 0) is 9.53 Å². The van der Waals surface area contributed by atoms with Gasteiger partial charge in [0.05, 0.1) is 4.88 Å². The highest BCUT2D eigenvalue weighted by Crippen LogP contribution is 2.40. The number of hydrogen-bond acceptors (Lipinski definition) is 5. The number of benzene rings is 2. The monoisotopic (exact) mass is 405 g/mol. The molecule has 0 N–H and O–H groups in total. The van der Waals surface area contributed by atoms with E-state index < -0.39 is 5.97 Å². The summed E-state index contributed by atoms with van der Waals surface area (Å²) in [4.78, 5) is 18.1. The first-order valence-electron chi connectivity index (χ1n) is 8.53. The molecule has 4 nitrogen and oxygen atoms in total. The van der Waals surface area contributed by atoms with Crippen molar-refractivity contribution >= 4 is 46.1 Å². The van der Waals surface area contributed by atoms with E-state index >= 15 is 0 Å². The van der Waals surface area contributed by atoms with Gasteiger partial charge in [0.25, 0.3) is 0 Å². The van der Waals surface area contributed by atoms with Crippen LogP contribution in [0, 0.1) is 0 Å². The molecule has 0 bridgehead atoms. The van der Waals surface area contributed by atoms with Gasteiger partial charge in [-0.15, -0.1) is 11.3 Å². The maximum absolute atomic E-state index is 12.7. The van der Waals surface area contributed by atoms with Crippen molar-refractivity contribution in [2.45, 2.75) is 0 Å². The Morgan fingerprint density at radius 3 is 2.68 bits per heavy atom. The van der Waals surface area contributed by atoms with Gasteiger partial charge in [-0.25, -0.2) is 9.79 Å². The van der Waals surface area contributed by atoms with Crippen LogP contribution in [0.4, 0.5) is 0 Å². The second-order valence-corrected chi connectivity index (χ2v) is 7.55. The Morgan fingerprint density at radius 2 is 1.86 bits per heavy atom. The Labute approximate surface area is 170 Å². The summed E-state index contributed by atoms with van der Waals surface area (Å²) in [5, 5.41) is 2.53. The summed E-state index contributed by atoms with van der Waals surface area (Å²) in [7, 11) is 0. The number of carbonyl (C=O) groups excluding carboxylic acids is 1. The Balaban J connectivity index is 1.69. The van der Waals surface area contributed by atoms with Crippen molar-refractivity contribution in [3.8, 4) is 5.75 Å². The summed E-state index contributed by atoms with van der Waals surface area (Å²) in [6, 6.07) is 18.6. The minimum Gasteiger partial charge on any atom is -0.455 e.